The van der Waals surface area contributed by atoms with Gasteiger partial charge in [0.15, 0.2) is 11.5 Å². The molecule has 1 aromatic carbocycles. The van der Waals surface area contributed by atoms with Crippen molar-refractivity contribution >= 4 is 10.8 Å². The van der Waals surface area contributed by atoms with E-state index in [4.69, 9.17) is 14.6 Å². The van der Waals surface area contributed by atoms with E-state index in [9.17, 15) is 0 Å². The van der Waals surface area contributed by atoms with Crippen LogP contribution in [0.3, 0.4) is 0 Å². The number of ether oxygens (including phenoxy) is 2. The zero-order valence-electron chi connectivity index (χ0n) is 7.93. The zero-order chi connectivity index (χ0) is 10.3. The summed E-state index contributed by atoms with van der Waals surface area (Å²) < 4.78 is 10.5. The molecule has 2 aromatic rings. The largest absolute Gasteiger partial charge is 0.454 e. The van der Waals surface area contributed by atoms with Crippen molar-refractivity contribution in [3.63, 3.8) is 0 Å². The number of benzene rings is 1. The summed E-state index contributed by atoms with van der Waals surface area (Å²) in [6, 6.07) is 5.64. The lowest BCUT2D eigenvalue weighted by Crippen LogP contribution is -1.92. The fourth-order valence-electron chi connectivity index (χ4n) is 1.75. The molecular formula is C11H9NO3. The summed E-state index contributed by atoms with van der Waals surface area (Å²) in [7, 11) is 0. The van der Waals surface area contributed by atoms with Gasteiger partial charge in [-0.3, -0.25) is 4.98 Å². The Balaban J connectivity index is 2.33. The first-order valence-electron chi connectivity index (χ1n) is 4.66. The highest BCUT2D eigenvalue weighted by molar-refractivity contribution is 5.87. The quantitative estimate of drug-likeness (QED) is 0.762. The number of pyridine rings is 1. The topological polar surface area (TPSA) is 51.6 Å². The van der Waals surface area contributed by atoms with Gasteiger partial charge in [-0.2, -0.15) is 0 Å². The average molecular weight is 203 g/mol. The number of aliphatic hydroxyl groups excluding tert-OH is 1. The SMILES string of the molecule is OCc1nccc2cc3c(cc12)OCO3. The van der Waals surface area contributed by atoms with Gasteiger partial charge in [-0.05, 0) is 23.6 Å². The van der Waals surface area contributed by atoms with Gasteiger partial charge in [0.05, 0.1) is 12.3 Å². The summed E-state index contributed by atoms with van der Waals surface area (Å²) in [5.74, 6) is 1.46. The molecule has 0 unspecified atom stereocenters. The highest BCUT2D eigenvalue weighted by Crippen LogP contribution is 2.36. The van der Waals surface area contributed by atoms with E-state index >= 15 is 0 Å². The predicted molar refractivity (Wildman–Crippen MR) is 53.8 cm³/mol. The van der Waals surface area contributed by atoms with Crippen molar-refractivity contribution in [2.45, 2.75) is 6.61 Å². The van der Waals surface area contributed by atoms with Crippen LogP contribution >= 0.6 is 0 Å². The van der Waals surface area contributed by atoms with Crippen molar-refractivity contribution in [2.24, 2.45) is 0 Å². The average Bonchev–Trinajstić information content (AvgIpc) is 2.72. The van der Waals surface area contributed by atoms with E-state index < -0.39 is 0 Å². The molecule has 3 rings (SSSR count). The van der Waals surface area contributed by atoms with Crippen LogP contribution < -0.4 is 9.47 Å². The number of hydrogen-bond donors (Lipinski definition) is 1. The van der Waals surface area contributed by atoms with Crippen LogP contribution in [-0.2, 0) is 6.61 Å². The molecule has 1 aromatic heterocycles. The summed E-state index contributed by atoms with van der Waals surface area (Å²) >= 11 is 0. The molecule has 76 valence electrons. The highest BCUT2D eigenvalue weighted by Gasteiger charge is 2.15. The molecule has 0 spiro atoms. The third kappa shape index (κ3) is 1.22. The molecular weight excluding hydrogens is 194 g/mol. The molecule has 0 amide bonds. The Morgan fingerprint density at radius 3 is 2.87 bits per heavy atom. The van der Waals surface area contributed by atoms with Gasteiger partial charge in [0.25, 0.3) is 0 Å². The first-order valence-corrected chi connectivity index (χ1v) is 4.66. The van der Waals surface area contributed by atoms with Crippen LogP contribution in [0.4, 0.5) is 0 Å². The van der Waals surface area contributed by atoms with E-state index in [1.807, 2.05) is 18.2 Å². The Labute approximate surface area is 86.1 Å². The van der Waals surface area contributed by atoms with Gasteiger partial charge in [-0.25, -0.2) is 0 Å². The molecule has 0 bridgehead atoms. The number of hydrogen-bond acceptors (Lipinski definition) is 4. The second-order valence-corrected chi connectivity index (χ2v) is 3.34. The third-order valence-corrected chi connectivity index (χ3v) is 2.49. The number of aromatic nitrogens is 1. The normalized spacial score (nSPS) is 13.4. The van der Waals surface area contributed by atoms with Crippen molar-refractivity contribution in [2.75, 3.05) is 6.79 Å². The Morgan fingerprint density at radius 2 is 2.07 bits per heavy atom. The molecule has 1 aliphatic heterocycles. The van der Waals surface area contributed by atoms with Crippen molar-refractivity contribution in [1.82, 2.24) is 4.98 Å². The second-order valence-electron chi connectivity index (χ2n) is 3.34. The van der Waals surface area contributed by atoms with E-state index in [1.54, 1.807) is 6.20 Å². The molecule has 0 radical (unpaired) electrons. The van der Waals surface area contributed by atoms with Crippen LogP contribution in [0, 0.1) is 0 Å². The second kappa shape index (κ2) is 3.10. The Hall–Kier alpha value is -1.81. The van der Waals surface area contributed by atoms with E-state index in [0.29, 0.717) is 11.4 Å². The summed E-state index contributed by atoms with van der Waals surface area (Å²) in [5.41, 5.74) is 0.658. The maximum absolute atomic E-state index is 9.15. The van der Waals surface area contributed by atoms with Gasteiger partial charge in [0, 0.05) is 11.6 Å². The highest BCUT2D eigenvalue weighted by atomic mass is 16.7. The molecule has 0 fully saturated rings. The van der Waals surface area contributed by atoms with Gasteiger partial charge in [0.2, 0.25) is 6.79 Å². The zero-order valence-corrected chi connectivity index (χ0v) is 7.93. The minimum Gasteiger partial charge on any atom is -0.454 e. The molecule has 0 atom stereocenters. The third-order valence-electron chi connectivity index (χ3n) is 2.49. The van der Waals surface area contributed by atoms with Gasteiger partial charge in [-0.15, -0.1) is 0 Å². The Bertz CT molecular complexity index is 524. The number of rotatable bonds is 1. The molecule has 2 heterocycles. The van der Waals surface area contributed by atoms with Gasteiger partial charge in [-0.1, -0.05) is 0 Å². The van der Waals surface area contributed by atoms with E-state index in [0.717, 1.165) is 16.5 Å². The summed E-state index contributed by atoms with van der Waals surface area (Å²) in [5, 5.41) is 11.1. The fourth-order valence-corrected chi connectivity index (χ4v) is 1.75. The molecule has 0 saturated heterocycles. The summed E-state index contributed by atoms with van der Waals surface area (Å²) in [6.45, 7) is 0.185. The molecule has 4 nitrogen and oxygen atoms in total. The van der Waals surface area contributed by atoms with Crippen LogP contribution in [0.25, 0.3) is 10.8 Å². The molecule has 1 N–H and O–H groups in total. The molecule has 15 heavy (non-hydrogen) atoms. The number of nitrogens with zero attached hydrogens (tertiary/aromatic N) is 1. The summed E-state index contributed by atoms with van der Waals surface area (Å²) in [4.78, 5) is 4.10. The number of aliphatic hydroxyl groups is 1. The van der Waals surface area contributed by atoms with Gasteiger partial charge >= 0.3 is 0 Å². The molecule has 1 aliphatic rings. The maximum Gasteiger partial charge on any atom is 0.231 e. The van der Waals surface area contributed by atoms with Crippen molar-refractivity contribution in [3.8, 4) is 11.5 Å². The Kier molecular flexibility index (Phi) is 1.76. The van der Waals surface area contributed by atoms with Gasteiger partial charge in [0.1, 0.15) is 0 Å². The van der Waals surface area contributed by atoms with Crippen molar-refractivity contribution in [1.29, 1.82) is 0 Å². The molecule has 4 heteroatoms. The predicted octanol–water partition coefficient (Wildman–Crippen LogP) is 1.46. The lowest BCUT2D eigenvalue weighted by atomic mass is 10.1. The van der Waals surface area contributed by atoms with Crippen LogP contribution in [0.15, 0.2) is 24.4 Å². The van der Waals surface area contributed by atoms with Crippen LogP contribution in [0.1, 0.15) is 5.69 Å². The monoisotopic (exact) mass is 203 g/mol. The molecule has 0 aliphatic carbocycles. The summed E-state index contributed by atoms with van der Waals surface area (Å²) in [6.07, 6.45) is 1.68. The lowest BCUT2D eigenvalue weighted by molar-refractivity contribution is 0.174. The van der Waals surface area contributed by atoms with E-state index in [-0.39, 0.29) is 13.4 Å². The first-order chi connectivity index (χ1) is 7.38. The first kappa shape index (κ1) is 8.49. The number of fused-ring (bicyclic) bond motifs is 2. The van der Waals surface area contributed by atoms with Crippen molar-refractivity contribution < 1.29 is 14.6 Å². The van der Waals surface area contributed by atoms with Crippen molar-refractivity contribution in [3.05, 3.63) is 30.1 Å². The van der Waals surface area contributed by atoms with Crippen LogP contribution in [0.2, 0.25) is 0 Å². The van der Waals surface area contributed by atoms with Crippen LogP contribution in [-0.4, -0.2) is 16.9 Å². The standard InChI is InChI=1S/C11H9NO3/c13-5-9-8-4-11-10(14-6-15-11)3-7(8)1-2-12-9/h1-4,13H,5-6H2. The lowest BCUT2D eigenvalue weighted by Gasteiger charge is -2.04. The smallest absolute Gasteiger partial charge is 0.231 e. The molecule has 0 saturated carbocycles. The van der Waals surface area contributed by atoms with Gasteiger partial charge < -0.3 is 14.6 Å². The Morgan fingerprint density at radius 1 is 1.27 bits per heavy atom. The van der Waals surface area contributed by atoms with E-state index in [2.05, 4.69) is 4.98 Å². The minimum atomic E-state index is -0.0724. The van der Waals surface area contributed by atoms with Crippen LogP contribution in [0.5, 0.6) is 11.5 Å². The van der Waals surface area contributed by atoms with E-state index in [1.165, 1.54) is 0 Å². The maximum atomic E-state index is 9.15. The fraction of sp³-hybridized carbons (Fsp3) is 0.182. The minimum absolute atomic E-state index is 0.0724.